The second kappa shape index (κ2) is 4.62. The molecule has 1 aliphatic heterocycles. The summed E-state index contributed by atoms with van der Waals surface area (Å²) in [6.45, 7) is 5.90. The molecule has 0 saturated carbocycles. The standard InChI is InChI=1S/C10H21NO2S/c1-4-9(2)10-5-7-11(8-6-10)14(3,12)13/h9-10H,4-8H2,1-3H3. The van der Waals surface area contributed by atoms with Crippen molar-refractivity contribution in [2.24, 2.45) is 11.8 Å². The van der Waals surface area contributed by atoms with Crippen LogP contribution < -0.4 is 0 Å². The number of piperidine rings is 1. The Balaban J connectivity index is 2.47. The lowest BCUT2D eigenvalue weighted by atomic mass is 9.85. The number of sulfonamides is 1. The van der Waals surface area contributed by atoms with Crippen molar-refractivity contribution in [1.29, 1.82) is 0 Å². The maximum Gasteiger partial charge on any atom is 0.211 e. The fraction of sp³-hybridized carbons (Fsp3) is 1.00. The van der Waals surface area contributed by atoms with Gasteiger partial charge in [-0.3, -0.25) is 0 Å². The summed E-state index contributed by atoms with van der Waals surface area (Å²) < 4.78 is 24.1. The maximum atomic E-state index is 11.3. The van der Waals surface area contributed by atoms with E-state index in [2.05, 4.69) is 13.8 Å². The van der Waals surface area contributed by atoms with E-state index in [9.17, 15) is 8.42 Å². The zero-order valence-corrected chi connectivity index (χ0v) is 10.2. The summed E-state index contributed by atoms with van der Waals surface area (Å²) in [7, 11) is -2.95. The van der Waals surface area contributed by atoms with Crippen molar-refractivity contribution in [2.45, 2.75) is 33.1 Å². The Morgan fingerprint density at radius 3 is 2.21 bits per heavy atom. The van der Waals surface area contributed by atoms with E-state index < -0.39 is 10.0 Å². The minimum absolute atomic E-state index is 0.716. The Morgan fingerprint density at radius 1 is 1.36 bits per heavy atom. The molecule has 0 aromatic rings. The third kappa shape index (κ3) is 2.95. The Labute approximate surface area is 87.5 Å². The van der Waals surface area contributed by atoms with Gasteiger partial charge in [0, 0.05) is 13.1 Å². The Kier molecular flexibility index (Phi) is 3.95. The lowest BCUT2D eigenvalue weighted by Crippen LogP contribution is -2.39. The third-order valence-electron chi connectivity index (χ3n) is 3.42. The summed E-state index contributed by atoms with van der Waals surface area (Å²) in [6, 6.07) is 0. The van der Waals surface area contributed by atoms with Crippen LogP contribution in [0.15, 0.2) is 0 Å². The van der Waals surface area contributed by atoms with E-state index in [-0.39, 0.29) is 0 Å². The van der Waals surface area contributed by atoms with E-state index in [1.54, 1.807) is 4.31 Å². The molecule has 1 saturated heterocycles. The first-order valence-electron chi connectivity index (χ1n) is 5.40. The van der Waals surface area contributed by atoms with E-state index >= 15 is 0 Å². The van der Waals surface area contributed by atoms with E-state index in [4.69, 9.17) is 0 Å². The lowest BCUT2D eigenvalue weighted by Gasteiger charge is -2.33. The first-order valence-corrected chi connectivity index (χ1v) is 7.25. The summed E-state index contributed by atoms with van der Waals surface area (Å²) in [4.78, 5) is 0. The topological polar surface area (TPSA) is 37.4 Å². The molecule has 0 radical (unpaired) electrons. The smallest absolute Gasteiger partial charge is 0.211 e. The molecule has 0 amide bonds. The van der Waals surface area contributed by atoms with Crippen LogP contribution in [-0.2, 0) is 10.0 Å². The quantitative estimate of drug-likeness (QED) is 0.724. The molecule has 0 aliphatic carbocycles. The minimum atomic E-state index is -2.95. The average molecular weight is 219 g/mol. The fourth-order valence-electron chi connectivity index (χ4n) is 2.11. The van der Waals surface area contributed by atoms with Gasteiger partial charge in [0.15, 0.2) is 0 Å². The summed E-state index contributed by atoms with van der Waals surface area (Å²) in [5.74, 6) is 1.45. The average Bonchev–Trinajstić information content (AvgIpc) is 2.15. The molecule has 1 rings (SSSR count). The van der Waals surface area contributed by atoms with Crippen LogP contribution in [0.3, 0.4) is 0 Å². The molecule has 0 spiro atoms. The van der Waals surface area contributed by atoms with E-state index in [0.717, 1.165) is 24.7 Å². The van der Waals surface area contributed by atoms with Crippen molar-refractivity contribution in [2.75, 3.05) is 19.3 Å². The SMILES string of the molecule is CCC(C)C1CCN(S(C)(=O)=O)CC1. The molecule has 1 heterocycles. The molecule has 0 N–H and O–H groups in total. The van der Waals surface area contributed by atoms with Crippen molar-refractivity contribution in [1.82, 2.24) is 4.31 Å². The lowest BCUT2D eigenvalue weighted by molar-refractivity contribution is 0.214. The van der Waals surface area contributed by atoms with Gasteiger partial charge in [0.1, 0.15) is 0 Å². The summed E-state index contributed by atoms with van der Waals surface area (Å²) in [5.41, 5.74) is 0. The second-order valence-electron chi connectivity index (χ2n) is 4.39. The number of rotatable bonds is 3. The van der Waals surface area contributed by atoms with Gasteiger partial charge in [-0.15, -0.1) is 0 Å². The summed E-state index contributed by atoms with van der Waals surface area (Å²) in [6.07, 6.45) is 4.56. The Morgan fingerprint density at radius 2 is 1.86 bits per heavy atom. The fourth-order valence-corrected chi connectivity index (χ4v) is 2.98. The highest BCUT2D eigenvalue weighted by Gasteiger charge is 2.26. The molecule has 0 aromatic heterocycles. The van der Waals surface area contributed by atoms with Crippen LogP contribution in [0.4, 0.5) is 0 Å². The molecule has 0 aromatic carbocycles. The van der Waals surface area contributed by atoms with Gasteiger partial charge in [-0.2, -0.15) is 0 Å². The summed E-state index contributed by atoms with van der Waals surface area (Å²) >= 11 is 0. The minimum Gasteiger partial charge on any atom is -0.213 e. The van der Waals surface area contributed by atoms with Crippen molar-refractivity contribution in [3.05, 3.63) is 0 Å². The Bertz CT molecular complexity index is 266. The van der Waals surface area contributed by atoms with Crippen molar-refractivity contribution < 1.29 is 8.42 Å². The molecule has 3 nitrogen and oxygen atoms in total. The zero-order valence-electron chi connectivity index (χ0n) is 9.36. The second-order valence-corrected chi connectivity index (χ2v) is 6.37. The van der Waals surface area contributed by atoms with Gasteiger partial charge in [-0.05, 0) is 24.7 Å². The van der Waals surface area contributed by atoms with Crippen molar-refractivity contribution in [3.63, 3.8) is 0 Å². The molecule has 1 atom stereocenters. The van der Waals surface area contributed by atoms with Gasteiger partial charge in [0.2, 0.25) is 10.0 Å². The number of nitrogens with zero attached hydrogens (tertiary/aromatic N) is 1. The molecule has 1 fully saturated rings. The van der Waals surface area contributed by atoms with E-state index in [1.807, 2.05) is 0 Å². The van der Waals surface area contributed by atoms with Gasteiger partial charge in [-0.1, -0.05) is 20.3 Å². The van der Waals surface area contributed by atoms with Gasteiger partial charge in [-0.25, -0.2) is 12.7 Å². The molecular formula is C10H21NO2S. The molecule has 1 unspecified atom stereocenters. The largest absolute Gasteiger partial charge is 0.213 e. The highest BCUT2D eigenvalue weighted by atomic mass is 32.2. The highest BCUT2D eigenvalue weighted by Crippen LogP contribution is 2.27. The van der Waals surface area contributed by atoms with Gasteiger partial charge >= 0.3 is 0 Å². The maximum absolute atomic E-state index is 11.3. The van der Waals surface area contributed by atoms with Crippen LogP contribution >= 0.6 is 0 Å². The molecule has 4 heteroatoms. The van der Waals surface area contributed by atoms with Gasteiger partial charge in [0.05, 0.1) is 6.26 Å². The molecule has 1 aliphatic rings. The van der Waals surface area contributed by atoms with E-state index in [0.29, 0.717) is 13.1 Å². The van der Waals surface area contributed by atoms with Crippen LogP contribution in [-0.4, -0.2) is 32.1 Å². The monoisotopic (exact) mass is 219 g/mol. The molecule has 84 valence electrons. The van der Waals surface area contributed by atoms with Crippen LogP contribution in [0.2, 0.25) is 0 Å². The number of hydrogen-bond acceptors (Lipinski definition) is 2. The Hall–Kier alpha value is -0.0900. The van der Waals surface area contributed by atoms with Gasteiger partial charge in [0.25, 0.3) is 0 Å². The predicted octanol–water partition coefficient (Wildman–Crippen LogP) is 1.70. The van der Waals surface area contributed by atoms with Crippen LogP contribution in [0.25, 0.3) is 0 Å². The first kappa shape index (κ1) is 12.0. The van der Waals surface area contributed by atoms with Gasteiger partial charge < -0.3 is 0 Å². The summed E-state index contributed by atoms with van der Waals surface area (Å²) in [5, 5.41) is 0. The highest BCUT2D eigenvalue weighted by molar-refractivity contribution is 7.88. The third-order valence-corrected chi connectivity index (χ3v) is 4.72. The van der Waals surface area contributed by atoms with Crippen LogP contribution in [0.5, 0.6) is 0 Å². The molecular weight excluding hydrogens is 198 g/mol. The molecule has 14 heavy (non-hydrogen) atoms. The van der Waals surface area contributed by atoms with E-state index in [1.165, 1.54) is 12.7 Å². The number of hydrogen-bond donors (Lipinski definition) is 0. The zero-order chi connectivity index (χ0) is 10.8. The van der Waals surface area contributed by atoms with Crippen LogP contribution in [0.1, 0.15) is 33.1 Å². The van der Waals surface area contributed by atoms with Crippen molar-refractivity contribution in [3.8, 4) is 0 Å². The first-order chi connectivity index (χ1) is 6.45. The van der Waals surface area contributed by atoms with Crippen LogP contribution in [0, 0.1) is 11.8 Å². The predicted molar refractivity (Wildman–Crippen MR) is 58.6 cm³/mol. The normalized spacial score (nSPS) is 23.6. The van der Waals surface area contributed by atoms with Crippen molar-refractivity contribution >= 4 is 10.0 Å². The molecule has 0 bridgehead atoms.